The van der Waals surface area contributed by atoms with Crippen LogP contribution in [0.1, 0.15) is 56.9 Å². The molecule has 0 aromatic heterocycles. The first-order chi connectivity index (χ1) is 15.3. The number of carbonyl (C=O) groups excluding carboxylic acids is 1. The predicted octanol–water partition coefficient (Wildman–Crippen LogP) is 2.17. The van der Waals surface area contributed by atoms with Crippen LogP contribution in [0.15, 0.2) is 34.2 Å². The molecule has 2 fully saturated rings. The molecular weight excluding hydrogens is 426 g/mol. The van der Waals surface area contributed by atoms with Gasteiger partial charge in [0, 0.05) is 18.7 Å². The molecule has 2 heterocycles. The molecule has 2 N–H and O–H groups in total. The van der Waals surface area contributed by atoms with Crippen molar-refractivity contribution in [3.05, 3.63) is 29.8 Å². The Balaban J connectivity index is 1.61. The Morgan fingerprint density at radius 3 is 2.66 bits per heavy atom. The standard InChI is InChI=1S/C23H31N5O3S/c1-28-13-11-23(16-24,12-14-28)26-22(29)19(15-17-7-3-2-4-8-17)25-21-18-9-5-6-10-20(18)32(30,31)27-21/h5-6,9-10,17,19H,2-4,7-8,11-15H2,1H3,(H,25,27)(H,26,29)/t19-/m0/s1. The number of hydrogen-bond donors (Lipinski definition) is 2. The molecule has 1 aromatic rings. The summed E-state index contributed by atoms with van der Waals surface area (Å²) in [6, 6.07) is 8.26. The van der Waals surface area contributed by atoms with E-state index in [1.54, 1.807) is 24.3 Å². The summed E-state index contributed by atoms with van der Waals surface area (Å²) in [4.78, 5) is 20.4. The van der Waals surface area contributed by atoms with E-state index in [2.05, 4.69) is 26.0 Å². The van der Waals surface area contributed by atoms with Crippen molar-refractivity contribution in [2.45, 2.75) is 67.8 Å². The fourth-order valence-electron chi connectivity index (χ4n) is 4.93. The van der Waals surface area contributed by atoms with Gasteiger partial charge in [0.2, 0.25) is 5.91 Å². The lowest BCUT2D eigenvalue weighted by molar-refractivity contribution is -0.124. The molecule has 1 amide bonds. The van der Waals surface area contributed by atoms with E-state index in [4.69, 9.17) is 0 Å². The highest BCUT2D eigenvalue weighted by Crippen LogP contribution is 2.30. The summed E-state index contributed by atoms with van der Waals surface area (Å²) in [5.41, 5.74) is -0.412. The first-order valence-corrected chi connectivity index (χ1v) is 12.9. The number of amides is 1. The van der Waals surface area contributed by atoms with E-state index in [1.165, 1.54) is 6.42 Å². The maximum atomic E-state index is 13.4. The average molecular weight is 458 g/mol. The Bertz CT molecular complexity index is 1030. The van der Waals surface area contributed by atoms with Gasteiger partial charge < -0.3 is 10.2 Å². The van der Waals surface area contributed by atoms with Gasteiger partial charge in [0.25, 0.3) is 10.0 Å². The first kappa shape index (κ1) is 22.7. The summed E-state index contributed by atoms with van der Waals surface area (Å²) in [7, 11) is -1.68. The fraction of sp³-hybridized carbons (Fsp3) is 0.609. The van der Waals surface area contributed by atoms with Gasteiger partial charge in [-0.2, -0.15) is 5.26 Å². The number of hydrogen-bond acceptors (Lipinski definition) is 6. The number of likely N-dealkylation sites (tertiary alicyclic amines) is 1. The Morgan fingerprint density at radius 1 is 1.28 bits per heavy atom. The van der Waals surface area contributed by atoms with Crippen molar-refractivity contribution < 1.29 is 13.2 Å². The van der Waals surface area contributed by atoms with E-state index in [0.717, 1.165) is 38.8 Å². The molecule has 0 unspecified atom stereocenters. The van der Waals surface area contributed by atoms with Gasteiger partial charge in [-0.25, -0.2) is 8.42 Å². The summed E-state index contributed by atoms with van der Waals surface area (Å²) < 4.78 is 27.5. The maximum Gasteiger partial charge on any atom is 0.263 e. The minimum atomic E-state index is -3.68. The smallest absolute Gasteiger partial charge is 0.263 e. The molecule has 1 atom stereocenters. The molecule has 1 aromatic carbocycles. The molecule has 1 saturated carbocycles. The molecule has 8 nitrogen and oxygen atoms in total. The molecule has 172 valence electrons. The van der Waals surface area contributed by atoms with Gasteiger partial charge in [-0.05, 0) is 44.4 Å². The second-order valence-corrected chi connectivity index (χ2v) is 11.0. The van der Waals surface area contributed by atoms with Crippen LogP contribution in [0.3, 0.4) is 0 Å². The van der Waals surface area contributed by atoms with Crippen molar-refractivity contribution in [2.24, 2.45) is 10.9 Å². The minimum Gasteiger partial charge on any atom is -0.336 e. The van der Waals surface area contributed by atoms with Crippen LogP contribution in [-0.4, -0.2) is 56.8 Å². The van der Waals surface area contributed by atoms with E-state index < -0.39 is 21.6 Å². The predicted molar refractivity (Wildman–Crippen MR) is 121 cm³/mol. The number of nitrogens with one attached hydrogen (secondary N) is 2. The highest BCUT2D eigenvalue weighted by Gasteiger charge is 2.38. The lowest BCUT2D eigenvalue weighted by atomic mass is 9.84. The lowest BCUT2D eigenvalue weighted by Crippen LogP contribution is -2.56. The van der Waals surface area contributed by atoms with Gasteiger partial charge in [0.1, 0.15) is 17.4 Å². The summed E-state index contributed by atoms with van der Waals surface area (Å²) in [6.45, 7) is 1.48. The van der Waals surface area contributed by atoms with Crippen molar-refractivity contribution in [3.63, 3.8) is 0 Å². The number of carbonyl (C=O) groups is 1. The molecule has 0 bridgehead atoms. The van der Waals surface area contributed by atoms with E-state index in [0.29, 0.717) is 30.7 Å². The van der Waals surface area contributed by atoms with Crippen molar-refractivity contribution in [2.75, 3.05) is 20.1 Å². The topological polar surface area (TPSA) is 115 Å². The Hall–Kier alpha value is -2.44. The Kier molecular flexibility index (Phi) is 6.54. The van der Waals surface area contributed by atoms with Crippen molar-refractivity contribution >= 4 is 21.8 Å². The van der Waals surface area contributed by atoms with Crippen LogP contribution in [0.25, 0.3) is 0 Å². The van der Waals surface area contributed by atoms with Gasteiger partial charge >= 0.3 is 0 Å². The third-order valence-electron chi connectivity index (χ3n) is 6.95. The first-order valence-electron chi connectivity index (χ1n) is 11.4. The molecule has 1 saturated heterocycles. The fourth-order valence-corrected chi connectivity index (χ4v) is 6.17. The molecule has 32 heavy (non-hydrogen) atoms. The van der Waals surface area contributed by atoms with Gasteiger partial charge in [0.15, 0.2) is 0 Å². The van der Waals surface area contributed by atoms with E-state index in [-0.39, 0.29) is 16.6 Å². The zero-order chi connectivity index (χ0) is 22.8. The number of nitriles is 1. The number of benzene rings is 1. The average Bonchev–Trinajstić information content (AvgIpc) is 3.06. The van der Waals surface area contributed by atoms with Crippen molar-refractivity contribution in [1.29, 1.82) is 5.26 Å². The van der Waals surface area contributed by atoms with Crippen LogP contribution in [0.4, 0.5) is 0 Å². The summed E-state index contributed by atoms with van der Waals surface area (Å²) in [5.74, 6) is 0.288. The second kappa shape index (κ2) is 9.20. The molecule has 0 radical (unpaired) electrons. The molecule has 3 aliphatic rings. The second-order valence-electron chi connectivity index (χ2n) is 9.32. The summed E-state index contributed by atoms with van der Waals surface area (Å²) >= 11 is 0. The van der Waals surface area contributed by atoms with Gasteiger partial charge in [-0.15, -0.1) is 0 Å². The number of amidine groups is 1. The van der Waals surface area contributed by atoms with Crippen molar-refractivity contribution in [1.82, 2.24) is 14.9 Å². The quantitative estimate of drug-likeness (QED) is 0.703. The maximum absolute atomic E-state index is 13.4. The third-order valence-corrected chi connectivity index (χ3v) is 8.35. The van der Waals surface area contributed by atoms with Crippen LogP contribution in [0.5, 0.6) is 0 Å². The number of piperidine rings is 1. The van der Waals surface area contributed by atoms with E-state index in [1.807, 2.05) is 7.05 Å². The molecule has 1 aliphatic carbocycles. The SMILES string of the molecule is CN1CCC(C#N)(NC(=O)[C@H](CC2CCCCC2)N=C2NS(=O)(=O)c3ccccc32)CC1. The Labute approximate surface area is 190 Å². The zero-order valence-electron chi connectivity index (χ0n) is 18.5. The number of sulfonamides is 1. The lowest BCUT2D eigenvalue weighted by Gasteiger charge is -2.37. The zero-order valence-corrected chi connectivity index (χ0v) is 19.3. The van der Waals surface area contributed by atoms with Crippen LogP contribution < -0.4 is 10.0 Å². The molecular formula is C23H31N5O3S. The third kappa shape index (κ3) is 4.81. The van der Waals surface area contributed by atoms with Gasteiger partial charge in [-0.1, -0.05) is 44.2 Å². The van der Waals surface area contributed by atoms with E-state index >= 15 is 0 Å². The summed E-state index contributed by atoms with van der Waals surface area (Å²) in [6.07, 6.45) is 7.26. The number of nitrogens with zero attached hydrogens (tertiary/aromatic N) is 3. The molecule has 0 spiro atoms. The number of rotatable bonds is 5. The molecule has 2 aliphatic heterocycles. The normalized spacial score (nSPS) is 24.8. The highest BCUT2D eigenvalue weighted by molar-refractivity contribution is 7.90. The van der Waals surface area contributed by atoms with Crippen LogP contribution in [0, 0.1) is 17.2 Å². The van der Waals surface area contributed by atoms with Crippen LogP contribution in [0.2, 0.25) is 0 Å². The van der Waals surface area contributed by atoms with Gasteiger partial charge in [-0.3, -0.25) is 14.5 Å². The van der Waals surface area contributed by atoms with E-state index in [9.17, 15) is 18.5 Å². The van der Waals surface area contributed by atoms with Crippen LogP contribution in [-0.2, 0) is 14.8 Å². The largest absolute Gasteiger partial charge is 0.336 e. The van der Waals surface area contributed by atoms with Gasteiger partial charge in [0.05, 0.1) is 11.0 Å². The molecule has 9 heteroatoms. The summed E-state index contributed by atoms with van der Waals surface area (Å²) in [5, 5.41) is 12.9. The number of fused-ring (bicyclic) bond motifs is 1. The van der Waals surface area contributed by atoms with Crippen LogP contribution >= 0.6 is 0 Å². The Morgan fingerprint density at radius 2 is 1.97 bits per heavy atom. The monoisotopic (exact) mass is 457 g/mol. The molecule has 4 rings (SSSR count). The minimum absolute atomic E-state index is 0.180. The number of aliphatic imine (C=N–C) groups is 1. The highest BCUT2D eigenvalue weighted by atomic mass is 32.2. The van der Waals surface area contributed by atoms with Crippen molar-refractivity contribution in [3.8, 4) is 6.07 Å².